The quantitative estimate of drug-likeness (QED) is 0.774. The molecule has 0 radical (unpaired) electrons. The van der Waals surface area contributed by atoms with Crippen molar-refractivity contribution >= 4 is 22.5 Å². The molecule has 1 amide bonds. The van der Waals surface area contributed by atoms with E-state index in [9.17, 15) is 9.18 Å². The van der Waals surface area contributed by atoms with Gasteiger partial charge in [-0.1, -0.05) is 12.1 Å². The first-order valence-corrected chi connectivity index (χ1v) is 6.33. The number of nitrogens with one attached hydrogen (secondary N) is 2. The highest BCUT2D eigenvalue weighted by Crippen LogP contribution is 2.17. The average molecular weight is 285 g/mol. The zero-order valence-corrected chi connectivity index (χ0v) is 11.0. The Labute approximate surface area is 119 Å². The Bertz CT molecular complexity index is 785. The highest BCUT2D eigenvalue weighted by molar-refractivity contribution is 5.94. The predicted molar refractivity (Wildman–Crippen MR) is 76.6 cm³/mol. The number of para-hydroxylation sites is 1. The van der Waals surface area contributed by atoms with Gasteiger partial charge in [0, 0.05) is 11.1 Å². The molecule has 0 unspecified atom stereocenters. The molecule has 21 heavy (non-hydrogen) atoms. The van der Waals surface area contributed by atoms with Gasteiger partial charge >= 0.3 is 0 Å². The number of amides is 1. The van der Waals surface area contributed by atoms with Crippen LogP contribution in [0.2, 0.25) is 0 Å². The lowest BCUT2D eigenvalue weighted by atomic mass is 10.2. The number of hydrogen-bond acceptors (Lipinski definition) is 3. The molecule has 0 saturated carbocycles. The summed E-state index contributed by atoms with van der Waals surface area (Å²) in [5.74, 6) is -0.802. The molecule has 0 aliphatic rings. The van der Waals surface area contributed by atoms with Gasteiger partial charge in [-0.3, -0.25) is 9.89 Å². The molecule has 5 nitrogen and oxygen atoms in total. The van der Waals surface area contributed by atoms with Gasteiger partial charge < -0.3 is 10.1 Å². The lowest BCUT2D eigenvalue weighted by Gasteiger charge is -2.08. The fraction of sp³-hybridized carbons (Fsp3) is 0.0667. The minimum atomic E-state index is -0.495. The van der Waals surface area contributed by atoms with E-state index in [0.29, 0.717) is 5.69 Å². The number of carbonyl (C=O) groups excluding carboxylic acids is 1. The Morgan fingerprint density at radius 3 is 3.00 bits per heavy atom. The Hall–Kier alpha value is -2.89. The standard InChI is InChI=1S/C15H12FN3O2/c16-12-3-1-2-4-14(12)21-9-15(20)18-11-5-6-13-10(7-11)8-17-19-13/h1-8H,9H2,(H,17,19)(H,18,20). The summed E-state index contributed by atoms with van der Waals surface area (Å²) < 4.78 is 18.5. The number of benzene rings is 2. The predicted octanol–water partition coefficient (Wildman–Crippen LogP) is 2.72. The van der Waals surface area contributed by atoms with E-state index in [-0.39, 0.29) is 18.3 Å². The molecule has 0 spiro atoms. The number of ether oxygens (including phenoxy) is 1. The molecule has 1 aromatic heterocycles. The second-order valence-electron chi connectivity index (χ2n) is 4.44. The smallest absolute Gasteiger partial charge is 0.262 e. The van der Waals surface area contributed by atoms with Crippen LogP contribution < -0.4 is 10.1 Å². The molecular formula is C15H12FN3O2. The van der Waals surface area contributed by atoms with Gasteiger partial charge in [0.05, 0.1) is 11.7 Å². The number of fused-ring (bicyclic) bond motifs is 1. The van der Waals surface area contributed by atoms with Gasteiger partial charge in [-0.2, -0.15) is 5.10 Å². The van der Waals surface area contributed by atoms with Crippen LogP contribution in [-0.2, 0) is 4.79 Å². The third-order valence-electron chi connectivity index (χ3n) is 2.92. The van der Waals surface area contributed by atoms with E-state index >= 15 is 0 Å². The second kappa shape index (κ2) is 5.62. The maximum Gasteiger partial charge on any atom is 0.262 e. The van der Waals surface area contributed by atoms with Crippen LogP contribution in [0.1, 0.15) is 0 Å². The lowest BCUT2D eigenvalue weighted by molar-refractivity contribution is -0.118. The summed E-state index contributed by atoms with van der Waals surface area (Å²) in [7, 11) is 0. The molecule has 0 atom stereocenters. The zero-order valence-electron chi connectivity index (χ0n) is 11.0. The molecule has 2 N–H and O–H groups in total. The van der Waals surface area contributed by atoms with Gasteiger partial charge in [-0.25, -0.2) is 4.39 Å². The number of nitrogens with zero attached hydrogens (tertiary/aromatic N) is 1. The van der Waals surface area contributed by atoms with Crippen molar-refractivity contribution in [3.63, 3.8) is 0 Å². The number of H-pyrrole nitrogens is 1. The van der Waals surface area contributed by atoms with Gasteiger partial charge in [0.2, 0.25) is 0 Å². The number of aromatic nitrogens is 2. The SMILES string of the molecule is O=C(COc1ccccc1F)Nc1ccc2[nH]ncc2c1. The topological polar surface area (TPSA) is 67.0 Å². The van der Waals surface area contributed by atoms with Crippen LogP contribution >= 0.6 is 0 Å². The van der Waals surface area contributed by atoms with E-state index in [2.05, 4.69) is 15.5 Å². The molecule has 0 fully saturated rings. The van der Waals surface area contributed by atoms with Gasteiger partial charge in [0.25, 0.3) is 5.91 Å². The minimum Gasteiger partial charge on any atom is -0.481 e. The van der Waals surface area contributed by atoms with E-state index in [0.717, 1.165) is 10.9 Å². The first kappa shape index (κ1) is 13.1. The van der Waals surface area contributed by atoms with Crippen LogP contribution in [0.25, 0.3) is 10.9 Å². The molecule has 0 aliphatic heterocycles. The summed E-state index contributed by atoms with van der Waals surface area (Å²) in [4.78, 5) is 11.8. The van der Waals surface area contributed by atoms with E-state index in [1.165, 1.54) is 12.1 Å². The van der Waals surface area contributed by atoms with Crippen LogP contribution in [0.3, 0.4) is 0 Å². The maximum atomic E-state index is 13.3. The molecule has 2 aromatic carbocycles. The van der Waals surface area contributed by atoms with Crippen molar-refractivity contribution < 1.29 is 13.9 Å². The number of anilines is 1. The van der Waals surface area contributed by atoms with E-state index in [1.54, 1.807) is 30.5 Å². The van der Waals surface area contributed by atoms with Crippen molar-refractivity contribution in [1.82, 2.24) is 10.2 Å². The summed E-state index contributed by atoms with van der Waals surface area (Å²) >= 11 is 0. The third-order valence-corrected chi connectivity index (χ3v) is 2.92. The largest absolute Gasteiger partial charge is 0.481 e. The maximum absolute atomic E-state index is 13.3. The Morgan fingerprint density at radius 1 is 1.29 bits per heavy atom. The number of aromatic amines is 1. The van der Waals surface area contributed by atoms with Crippen molar-refractivity contribution in [3.8, 4) is 5.75 Å². The number of carbonyl (C=O) groups is 1. The molecule has 0 aliphatic carbocycles. The Morgan fingerprint density at radius 2 is 2.14 bits per heavy atom. The van der Waals surface area contributed by atoms with E-state index in [1.807, 2.05) is 6.07 Å². The average Bonchev–Trinajstić information content (AvgIpc) is 2.94. The number of hydrogen-bond donors (Lipinski definition) is 2. The molecular weight excluding hydrogens is 273 g/mol. The van der Waals surface area contributed by atoms with Crippen LogP contribution in [0.4, 0.5) is 10.1 Å². The molecule has 0 bridgehead atoms. The molecule has 1 heterocycles. The summed E-state index contributed by atoms with van der Waals surface area (Å²) in [5.41, 5.74) is 1.52. The summed E-state index contributed by atoms with van der Waals surface area (Å²) in [5, 5.41) is 10.3. The fourth-order valence-electron chi connectivity index (χ4n) is 1.92. The minimum absolute atomic E-state index is 0.0536. The van der Waals surface area contributed by atoms with Gasteiger partial charge in [0.15, 0.2) is 18.2 Å². The number of rotatable bonds is 4. The van der Waals surface area contributed by atoms with Crippen molar-refractivity contribution in [1.29, 1.82) is 0 Å². The van der Waals surface area contributed by atoms with Gasteiger partial charge in [-0.05, 0) is 30.3 Å². The lowest BCUT2D eigenvalue weighted by Crippen LogP contribution is -2.20. The molecule has 3 aromatic rings. The number of halogens is 1. The first-order chi connectivity index (χ1) is 10.2. The van der Waals surface area contributed by atoms with Crippen LogP contribution in [0, 0.1) is 5.82 Å². The normalized spacial score (nSPS) is 10.5. The first-order valence-electron chi connectivity index (χ1n) is 6.33. The van der Waals surface area contributed by atoms with Crippen molar-refractivity contribution in [2.45, 2.75) is 0 Å². The van der Waals surface area contributed by atoms with Crippen molar-refractivity contribution in [2.75, 3.05) is 11.9 Å². The van der Waals surface area contributed by atoms with E-state index in [4.69, 9.17) is 4.74 Å². The van der Waals surface area contributed by atoms with Crippen molar-refractivity contribution in [2.24, 2.45) is 0 Å². The van der Waals surface area contributed by atoms with Crippen LogP contribution in [0.15, 0.2) is 48.7 Å². The van der Waals surface area contributed by atoms with Crippen LogP contribution in [-0.4, -0.2) is 22.7 Å². The second-order valence-corrected chi connectivity index (χ2v) is 4.44. The van der Waals surface area contributed by atoms with Gasteiger partial charge in [-0.15, -0.1) is 0 Å². The van der Waals surface area contributed by atoms with Crippen molar-refractivity contribution in [3.05, 3.63) is 54.5 Å². The third kappa shape index (κ3) is 3.00. The summed E-state index contributed by atoms with van der Waals surface area (Å²) in [6.07, 6.45) is 1.67. The molecule has 6 heteroatoms. The summed E-state index contributed by atoms with van der Waals surface area (Å²) in [6.45, 7) is -0.260. The molecule has 106 valence electrons. The monoisotopic (exact) mass is 285 g/mol. The molecule has 3 rings (SSSR count). The van der Waals surface area contributed by atoms with Crippen LogP contribution in [0.5, 0.6) is 5.75 Å². The Kier molecular flexibility index (Phi) is 3.51. The fourth-order valence-corrected chi connectivity index (χ4v) is 1.92. The zero-order chi connectivity index (χ0) is 14.7. The molecule has 0 saturated heterocycles. The van der Waals surface area contributed by atoms with E-state index < -0.39 is 5.82 Å². The van der Waals surface area contributed by atoms with Gasteiger partial charge in [0.1, 0.15) is 0 Å². The highest BCUT2D eigenvalue weighted by Gasteiger charge is 2.07. The summed E-state index contributed by atoms with van der Waals surface area (Å²) in [6, 6.07) is 11.3. The highest BCUT2D eigenvalue weighted by atomic mass is 19.1. The Balaban J connectivity index is 1.62.